The second-order valence-corrected chi connectivity index (χ2v) is 5.22. The summed E-state index contributed by atoms with van der Waals surface area (Å²) in [6.45, 7) is 4.81. The number of carbonyl (C=O) groups excluding carboxylic acids is 2. The van der Waals surface area contributed by atoms with Crippen LogP contribution in [0.1, 0.15) is 6.92 Å². The van der Waals surface area contributed by atoms with E-state index in [1.165, 1.54) is 4.90 Å². The van der Waals surface area contributed by atoms with Crippen molar-refractivity contribution in [3.63, 3.8) is 0 Å². The van der Waals surface area contributed by atoms with E-state index < -0.39 is 11.8 Å². The predicted molar refractivity (Wildman–Crippen MR) is 84.6 cm³/mol. The highest BCUT2D eigenvalue weighted by Gasteiger charge is 2.28. The minimum atomic E-state index is -0.523. The van der Waals surface area contributed by atoms with Gasteiger partial charge in [0.25, 0.3) is 0 Å². The van der Waals surface area contributed by atoms with Crippen molar-refractivity contribution in [3.05, 3.63) is 30.3 Å². The van der Waals surface area contributed by atoms with Gasteiger partial charge in [0, 0.05) is 45.0 Å². The second-order valence-electron chi connectivity index (χ2n) is 5.22. The van der Waals surface area contributed by atoms with Gasteiger partial charge in [0.05, 0.1) is 6.61 Å². The van der Waals surface area contributed by atoms with Gasteiger partial charge in [-0.1, -0.05) is 18.2 Å². The lowest BCUT2D eigenvalue weighted by molar-refractivity contribution is -0.152. The lowest BCUT2D eigenvalue weighted by atomic mass is 10.2. The maximum absolute atomic E-state index is 12.3. The number of carbonyl (C=O) groups is 2. The predicted octanol–water partition coefficient (Wildman–Crippen LogP) is 0.176. The zero-order valence-electron chi connectivity index (χ0n) is 12.9. The van der Waals surface area contributed by atoms with Crippen molar-refractivity contribution in [1.82, 2.24) is 9.80 Å². The highest BCUT2D eigenvalue weighted by molar-refractivity contribution is 6.34. The van der Waals surface area contributed by atoms with Crippen molar-refractivity contribution in [2.24, 2.45) is 0 Å². The molecule has 1 aromatic carbocycles. The fraction of sp³-hybridized carbons (Fsp3) is 0.500. The average molecular weight is 305 g/mol. The van der Waals surface area contributed by atoms with Crippen molar-refractivity contribution in [2.45, 2.75) is 6.92 Å². The van der Waals surface area contributed by atoms with Crippen molar-refractivity contribution < 1.29 is 14.7 Å². The molecule has 120 valence electrons. The van der Waals surface area contributed by atoms with Crippen molar-refractivity contribution >= 4 is 17.5 Å². The van der Waals surface area contributed by atoms with E-state index in [9.17, 15) is 9.59 Å². The number of hydrogen-bond donors (Lipinski definition) is 1. The smallest absolute Gasteiger partial charge is 0.312 e. The molecule has 22 heavy (non-hydrogen) atoms. The molecule has 0 saturated carbocycles. The molecule has 0 aromatic heterocycles. The van der Waals surface area contributed by atoms with E-state index in [0.717, 1.165) is 18.8 Å². The van der Waals surface area contributed by atoms with Gasteiger partial charge in [-0.3, -0.25) is 9.59 Å². The molecule has 1 fully saturated rings. The van der Waals surface area contributed by atoms with Gasteiger partial charge >= 0.3 is 11.8 Å². The molecule has 1 aliphatic rings. The van der Waals surface area contributed by atoms with Crippen LogP contribution in [-0.4, -0.2) is 72.6 Å². The van der Waals surface area contributed by atoms with Gasteiger partial charge in [-0.25, -0.2) is 0 Å². The Morgan fingerprint density at radius 3 is 2.32 bits per heavy atom. The second kappa shape index (κ2) is 7.79. The summed E-state index contributed by atoms with van der Waals surface area (Å²) in [5.74, 6) is -0.993. The summed E-state index contributed by atoms with van der Waals surface area (Å²) in [7, 11) is 0. The molecule has 1 saturated heterocycles. The highest BCUT2D eigenvalue weighted by atomic mass is 16.3. The van der Waals surface area contributed by atoms with Crippen LogP contribution in [0.3, 0.4) is 0 Å². The molecule has 0 spiro atoms. The number of likely N-dealkylation sites (N-methyl/N-ethyl adjacent to an activating group) is 1. The van der Waals surface area contributed by atoms with Crippen LogP contribution in [0.2, 0.25) is 0 Å². The quantitative estimate of drug-likeness (QED) is 0.806. The summed E-state index contributed by atoms with van der Waals surface area (Å²) in [4.78, 5) is 29.6. The number of aliphatic hydroxyl groups is 1. The van der Waals surface area contributed by atoms with Crippen LogP contribution in [0, 0.1) is 0 Å². The number of amides is 2. The first-order valence-corrected chi connectivity index (χ1v) is 7.66. The molecule has 2 amide bonds. The van der Waals surface area contributed by atoms with E-state index in [1.807, 2.05) is 30.3 Å². The molecule has 0 unspecified atom stereocenters. The van der Waals surface area contributed by atoms with Crippen LogP contribution in [0.15, 0.2) is 30.3 Å². The Kier molecular flexibility index (Phi) is 5.77. The molecule has 2 rings (SSSR count). The SMILES string of the molecule is CCN(CCO)C(=O)C(=O)N1CCN(c2ccccc2)CC1. The number of anilines is 1. The zero-order valence-corrected chi connectivity index (χ0v) is 12.9. The molecule has 0 radical (unpaired) electrons. The molecule has 0 aliphatic carbocycles. The highest BCUT2D eigenvalue weighted by Crippen LogP contribution is 2.15. The molecule has 1 heterocycles. The van der Waals surface area contributed by atoms with Gasteiger partial charge in [0.1, 0.15) is 0 Å². The van der Waals surface area contributed by atoms with Crippen molar-refractivity contribution in [3.8, 4) is 0 Å². The topological polar surface area (TPSA) is 64.1 Å². The Bertz CT molecular complexity index is 499. The van der Waals surface area contributed by atoms with Crippen molar-refractivity contribution in [2.75, 3.05) is 50.8 Å². The lowest BCUT2D eigenvalue weighted by Crippen LogP contribution is -2.53. The van der Waals surface area contributed by atoms with Crippen LogP contribution in [-0.2, 0) is 9.59 Å². The number of nitrogens with zero attached hydrogens (tertiary/aromatic N) is 3. The zero-order chi connectivity index (χ0) is 15.9. The molecule has 6 heteroatoms. The van der Waals surface area contributed by atoms with Gasteiger partial charge in [0.2, 0.25) is 0 Å². The lowest BCUT2D eigenvalue weighted by Gasteiger charge is -2.36. The van der Waals surface area contributed by atoms with Crippen LogP contribution in [0.5, 0.6) is 0 Å². The van der Waals surface area contributed by atoms with Crippen LogP contribution < -0.4 is 4.90 Å². The minimum Gasteiger partial charge on any atom is -0.395 e. The standard InChI is InChI=1S/C16H23N3O3/c1-2-17(12-13-20)15(21)16(22)19-10-8-18(9-11-19)14-6-4-3-5-7-14/h3-7,20H,2,8-13H2,1H3. The largest absolute Gasteiger partial charge is 0.395 e. The first kappa shape index (κ1) is 16.3. The number of benzene rings is 1. The summed E-state index contributed by atoms with van der Waals surface area (Å²) in [6, 6.07) is 10.0. The Morgan fingerprint density at radius 2 is 1.77 bits per heavy atom. The normalized spacial score (nSPS) is 14.8. The van der Waals surface area contributed by atoms with Crippen LogP contribution in [0.4, 0.5) is 5.69 Å². The monoisotopic (exact) mass is 305 g/mol. The summed E-state index contributed by atoms with van der Waals surface area (Å²) in [6.07, 6.45) is 0. The number of para-hydroxylation sites is 1. The van der Waals surface area contributed by atoms with Gasteiger partial charge in [-0.2, -0.15) is 0 Å². The number of hydrogen-bond acceptors (Lipinski definition) is 4. The van der Waals surface area contributed by atoms with Gasteiger partial charge in [-0.05, 0) is 19.1 Å². The van der Waals surface area contributed by atoms with Crippen LogP contribution >= 0.6 is 0 Å². The molecular formula is C16H23N3O3. The average Bonchev–Trinajstić information content (AvgIpc) is 2.59. The molecule has 0 atom stereocenters. The van der Waals surface area contributed by atoms with Gasteiger partial charge in [0.15, 0.2) is 0 Å². The molecule has 0 bridgehead atoms. The van der Waals surface area contributed by atoms with E-state index in [-0.39, 0.29) is 13.2 Å². The Hall–Kier alpha value is -2.08. The fourth-order valence-corrected chi connectivity index (χ4v) is 2.60. The molecule has 1 aromatic rings. The first-order valence-electron chi connectivity index (χ1n) is 7.66. The van der Waals surface area contributed by atoms with E-state index in [0.29, 0.717) is 19.6 Å². The fourth-order valence-electron chi connectivity index (χ4n) is 2.60. The van der Waals surface area contributed by atoms with Gasteiger partial charge in [-0.15, -0.1) is 0 Å². The third-order valence-corrected chi connectivity index (χ3v) is 3.91. The Balaban J connectivity index is 1.91. The van der Waals surface area contributed by atoms with E-state index in [4.69, 9.17) is 5.11 Å². The maximum Gasteiger partial charge on any atom is 0.312 e. The van der Waals surface area contributed by atoms with E-state index >= 15 is 0 Å². The Morgan fingerprint density at radius 1 is 1.14 bits per heavy atom. The number of aliphatic hydroxyl groups excluding tert-OH is 1. The number of piperazine rings is 1. The van der Waals surface area contributed by atoms with E-state index in [2.05, 4.69) is 4.90 Å². The molecular weight excluding hydrogens is 282 g/mol. The maximum atomic E-state index is 12.3. The third-order valence-electron chi connectivity index (χ3n) is 3.91. The molecule has 1 aliphatic heterocycles. The minimum absolute atomic E-state index is 0.130. The summed E-state index contributed by atoms with van der Waals surface area (Å²) >= 11 is 0. The van der Waals surface area contributed by atoms with Gasteiger partial charge < -0.3 is 19.8 Å². The molecule has 6 nitrogen and oxygen atoms in total. The summed E-state index contributed by atoms with van der Waals surface area (Å²) < 4.78 is 0. The molecule has 1 N–H and O–H groups in total. The third kappa shape index (κ3) is 3.76. The first-order chi connectivity index (χ1) is 10.7. The number of rotatable bonds is 4. The van der Waals surface area contributed by atoms with E-state index in [1.54, 1.807) is 11.8 Å². The summed E-state index contributed by atoms with van der Waals surface area (Å²) in [5, 5.41) is 8.94. The Labute approximate surface area is 130 Å². The van der Waals surface area contributed by atoms with Crippen LogP contribution in [0.25, 0.3) is 0 Å². The summed E-state index contributed by atoms with van der Waals surface area (Å²) in [5.41, 5.74) is 1.14. The van der Waals surface area contributed by atoms with Crippen molar-refractivity contribution in [1.29, 1.82) is 0 Å².